The molecule has 5 rings (SSSR count). The van der Waals surface area contributed by atoms with Crippen molar-refractivity contribution in [2.24, 2.45) is 4.99 Å². The molecule has 0 bridgehead atoms. The van der Waals surface area contributed by atoms with Crippen LogP contribution in [0.25, 0.3) is 15.9 Å². The zero-order valence-electron chi connectivity index (χ0n) is 13.2. The Morgan fingerprint density at radius 1 is 1.08 bits per heavy atom. The van der Waals surface area contributed by atoms with Gasteiger partial charge in [0, 0.05) is 17.3 Å². The summed E-state index contributed by atoms with van der Waals surface area (Å²) >= 11 is 1.67. The van der Waals surface area contributed by atoms with Crippen LogP contribution in [0.4, 0.5) is 0 Å². The molecule has 0 fully saturated rings. The molecule has 4 aromatic rings. The van der Waals surface area contributed by atoms with Crippen molar-refractivity contribution in [2.75, 3.05) is 0 Å². The van der Waals surface area contributed by atoms with Crippen LogP contribution in [0.5, 0.6) is 0 Å². The second-order valence-corrected chi connectivity index (χ2v) is 6.92. The fourth-order valence-corrected chi connectivity index (χ4v) is 4.10. The molecular weight excluding hydrogens is 314 g/mol. The summed E-state index contributed by atoms with van der Waals surface area (Å²) in [4.78, 5) is 9.36. The monoisotopic (exact) mass is 329 g/mol. The molecule has 0 N–H and O–H groups in total. The van der Waals surface area contributed by atoms with Crippen LogP contribution in [0.3, 0.4) is 0 Å². The van der Waals surface area contributed by atoms with Gasteiger partial charge in [0.1, 0.15) is 0 Å². The van der Waals surface area contributed by atoms with Crippen LogP contribution in [0.15, 0.2) is 65.2 Å². The molecule has 1 aliphatic rings. The maximum Gasteiger partial charge on any atom is 0.0891 e. The number of fused-ring (bicyclic) bond motifs is 4. The zero-order chi connectivity index (χ0) is 16.1. The Labute approximate surface area is 143 Å². The number of aryl methyl sites for hydroxylation is 1. The van der Waals surface area contributed by atoms with Gasteiger partial charge in [-0.1, -0.05) is 18.2 Å². The van der Waals surface area contributed by atoms with E-state index in [1.807, 2.05) is 5.51 Å². The second-order valence-electron chi connectivity index (χ2n) is 6.04. The van der Waals surface area contributed by atoms with Crippen LogP contribution in [0, 0.1) is 6.92 Å². The number of thiazole rings is 1. The molecule has 0 saturated heterocycles. The predicted octanol–water partition coefficient (Wildman–Crippen LogP) is 4.75. The first-order valence-electron chi connectivity index (χ1n) is 7.96. The Bertz CT molecular complexity index is 1100. The van der Waals surface area contributed by atoms with Gasteiger partial charge in [0.2, 0.25) is 0 Å². The van der Waals surface area contributed by atoms with E-state index in [4.69, 9.17) is 4.99 Å². The van der Waals surface area contributed by atoms with E-state index < -0.39 is 0 Å². The Morgan fingerprint density at radius 2 is 2.04 bits per heavy atom. The molecule has 116 valence electrons. The molecule has 3 heterocycles. The van der Waals surface area contributed by atoms with Crippen molar-refractivity contribution in [2.45, 2.75) is 13.5 Å². The number of nitrogens with zero attached hydrogens (tertiary/aromatic N) is 3. The number of rotatable bonds is 1. The van der Waals surface area contributed by atoms with E-state index in [1.54, 1.807) is 11.3 Å². The van der Waals surface area contributed by atoms with Crippen molar-refractivity contribution < 1.29 is 0 Å². The highest BCUT2D eigenvalue weighted by Gasteiger charge is 2.19. The van der Waals surface area contributed by atoms with Crippen LogP contribution >= 0.6 is 11.3 Å². The molecule has 24 heavy (non-hydrogen) atoms. The number of benzene rings is 2. The van der Waals surface area contributed by atoms with Gasteiger partial charge in [0.15, 0.2) is 0 Å². The quantitative estimate of drug-likeness (QED) is 0.496. The fraction of sp³-hybridized carbons (Fsp3) is 0.100. The highest BCUT2D eigenvalue weighted by Crippen LogP contribution is 2.28. The summed E-state index contributed by atoms with van der Waals surface area (Å²) < 4.78 is 3.46. The largest absolute Gasteiger partial charge is 0.315 e. The van der Waals surface area contributed by atoms with Gasteiger partial charge in [-0.25, -0.2) is 4.98 Å². The van der Waals surface area contributed by atoms with Crippen LogP contribution in [0.2, 0.25) is 0 Å². The lowest BCUT2D eigenvalue weighted by Crippen LogP contribution is -2.08. The van der Waals surface area contributed by atoms with Crippen molar-refractivity contribution in [1.82, 2.24) is 9.55 Å². The molecule has 1 aliphatic heterocycles. The second kappa shape index (κ2) is 5.14. The Morgan fingerprint density at radius 3 is 3.00 bits per heavy atom. The van der Waals surface area contributed by atoms with E-state index in [1.165, 1.54) is 21.5 Å². The topological polar surface area (TPSA) is 30.2 Å². The molecule has 0 unspecified atom stereocenters. The van der Waals surface area contributed by atoms with Gasteiger partial charge in [0.05, 0.1) is 39.4 Å². The number of hydrogen-bond acceptors (Lipinski definition) is 3. The summed E-state index contributed by atoms with van der Waals surface area (Å²) in [6, 6.07) is 17.1. The molecule has 0 saturated carbocycles. The van der Waals surface area contributed by atoms with Gasteiger partial charge < -0.3 is 4.57 Å². The Hall–Kier alpha value is -2.72. The maximum atomic E-state index is 4.98. The summed E-state index contributed by atoms with van der Waals surface area (Å²) in [6.45, 7) is 2.87. The van der Waals surface area contributed by atoms with E-state index in [0.29, 0.717) is 6.54 Å². The lowest BCUT2D eigenvalue weighted by Gasteiger charge is -2.12. The lowest BCUT2D eigenvalue weighted by molar-refractivity contribution is 1.00. The Kier molecular flexibility index (Phi) is 2.94. The van der Waals surface area contributed by atoms with Crippen LogP contribution < -0.4 is 0 Å². The normalized spacial score (nSPS) is 13.3. The molecule has 0 amide bonds. The third kappa shape index (κ3) is 1.96. The minimum absolute atomic E-state index is 0.708. The fourth-order valence-electron chi connectivity index (χ4n) is 3.38. The van der Waals surface area contributed by atoms with Gasteiger partial charge in [-0.3, -0.25) is 4.99 Å². The molecule has 0 spiro atoms. The average molecular weight is 329 g/mol. The van der Waals surface area contributed by atoms with Crippen molar-refractivity contribution in [1.29, 1.82) is 0 Å². The van der Waals surface area contributed by atoms with E-state index in [-0.39, 0.29) is 0 Å². The number of aliphatic imine (C=N–C) groups is 1. The first-order chi connectivity index (χ1) is 11.8. The minimum atomic E-state index is 0.708. The van der Waals surface area contributed by atoms with Crippen molar-refractivity contribution in [3.63, 3.8) is 0 Å². The van der Waals surface area contributed by atoms with E-state index in [9.17, 15) is 0 Å². The zero-order valence-corrected chi connectivity index (χ0v) is 14.0. The van der Waals surface area contributed by atoms with Gasteiger partial charge in [-0.2, -0.15) is 0 Å². The Balaban J connectivity index is 1.75. The van der Waals surface area contributed by atoms with Crippen molar-refractivity contribution >= 4 is 27.3 Å². The third-order valence-electron chi connectivity index (χ3n) is 4.64. The van der Waals surface area contributed by atoms with Gasteiger partial charge in [0.25, 0.3) is 0 Å². The van der Waals surface area contributed by atoms with Crippen LogP contribution in [0.1, 0.15) is 22.4 Å². The van der Waals surface area contributed by atoms with Crippen molar-refractivity contribution in [3.8, 4) is 5.69 Å². The van der Waals surface area contributed by atoms with Gasteiger partial charge >= 0.3 is 0 Å². The highest BCUT2D eigenvalue weighted by atomic mass is 32.1. The summed E-state index contributed by atoms with van der Waals surface area (Å²) in [5.74, 6) is 0. The summed E-state index contributed by atoms with van der Waals surface area (Å²) in [6.07, 6.45) is 2.12. The SMILES string of the molecule is Cc1cccc2c1CN=C(c1ccc3ncsc3c1)c1cccn1-2. The smallest absolute Gasteiger partial charge is 0.0891 e. The molecule has 2 aromatic carbocycles. The maximum absolute atomic E-state index is 4.98. The van der Waals surface area contributed by atoms with E-state index in [2.05, 4.69) is 71.2 Å². The summed E-state index contributed by atoms with van der Waals surface area (Å²) in [7, 11) is 0. The first-order valence-corrected chi connectivity index (χ1v) is 8.84. The molecule has 0 aliphatic carbocycles. The minimum Gasteiger partial charge on any atom is -0.315 e. The molecule has 2 aromatic heterocycles. The molecule has 0 radical (unpaired) electrons. The van der Waals surface area contributed by atoms with Gasteiger partial charge in [-0.15, -0.1) is 11.3 Å². The van der Waals surface area contributed by atoms with Gasteiger partial charge in [-0.05, 0) is 42.8 Å². The highest BCUT2D eigenvalue weighted by molar-refractivity contribution is 7.16. The third-order valence-corrected chi connectivity index (χ3v) is 5.43. The summed E-state index contributed by atoms with van der Waals surface area (Å²) in [5, 5.41) is 0. The molecular formula is C20H15N3S. The predicted molar refractivity (Wildman–Crippen MR) is 99.5 cm³/mol. The average Bonchev–Trinajstić information content (AvgIpc) is 3.22. The van der Waals surface area contributed by atoms with Crippen LogP contribution in [-0.2, 0) is 6.54 Å². The lowest BCUT2D eigenvalue weighted by atomic mass is 10.1. The van der Waals surface area contributed by atoms with Crippen LogP contribution in [-0.4, -0.2) is 15.3 Å². The first kappa shape index (κ1) is 13.7. The standard InChI is InChI=1S/C20H15N3S/c1-13-4-2-5-17-15(13)11-21-20(18-6-3-9-23(17)18)14-7-8-16-19(10-14)24-12-22-16/h2-10,12H,11H2,1H3. The van der Waals surface area contributed by atoms with E-state index >= 15 is 0 Å². The number of aromatic nitrogens is 2. The van der Waals surface area contributed by atoms with Crippen molar-refractivity contribution in [3.05, 3.63) is 82.6 Å². The van der Waals surface area contributed by atoms with E-state index in [0.717, 1.165) is 22.5 Å². The molecule has 0 atom stereocenters. The molecule has 3 nitrogen and oxygen atoms in total. The number of hydrogen-bond donors (Lipinski definition) is 0. The summed E-state index contributed by atoms with van der Waals surface area (Å²) in [5.41, 5.74) is 10.1. The molecule has 4 heteroatoms.